The molecule has 0 saturated carbocycles. The van der Waals surface area contributed by atoms with E-state index < -0.39 is 0 Å². The molecular weight excluding hydrogens is 296 g/mol. The quantitative estimate of drug-likeness (QED) is 0.837. The van der Waals surface area contributed by atoms with Crippen LogP contribution in [0.3, 0.4) is 0 Å². The molecule has 1 heterocycles. The van der Waals surface area contributed by atoms with Crippen molar-refractivity contribution in [3.8, 4) is 0 Å². The van der Waals surface area contributed by atoms with E-state index >= 15 is 0 Å². The molecule has 0 spiro atoms. The average Bonchev–Trinajstić information content (AvgIpc) is 2.25. The molecular formula is C10H6BrClN2S. The third kappa shape index (κ3) is 3.19. The van der Waals surface area contributed by atoms with Crippen molar-refractivity contribution in [2.24, 2.45) is 0 Å². The molecule has 0 bridgehead atoms. The van der Waals surface area contributed by atoms with Gasteiger partial charge >= 0.3 is 0 Å². The maximum absolute atomic E-state index is 5.65. The number of hydrogen-bond donors (Lipinski definition) is 0. The van der Waals surface area contributed by atoms with Crippen LogP contribution in [-0.4, -0.2) is 10.2 Å². The van der Waals surface area contributed by atoms with Crippen LogP contribution in [0.5, 0.6) is 0 Å². The number of hydrogen-bond acceptors (Lipinski definition) is 3. The molecule has 0 aliphatic rings. The van der Waals surface area contributed by atoms with Crippen molar-refractivity contribution >= 4 is 39.3 Å². The van der Waals surface area contributed by atoms with Gasteiger partial charge in [-0.25, -0.2) is 0 Å². The Morgan fingerprint density at radius 2 is 1.73 bits per heavy atom. The molecule has 5 heteroatoms. The van der Waals surface area contributed by atoms with E-state index in [4.69, 9.17) is 11.6 Å². The van der Waals surface area contributed by atoms with Crippen LogP contribution in [0, 0.1) is 0 Å². The van der Waals surface area contributed by atoms with E-state index in [2.05, 4.69) is 26.1 Å². The van der Waals surface area contributed by atoms with Crippen LogP contribution in [0.2, 0.25) is 5.15 Å². The molecule has 0 aliphatic heterocycles. The summed E-state index contributed by atoms with van der Waals surface area (Å²) >= 11 is 10.6. The summed E-state index contributed by atoms with van der Waals surface area (Å²) in [6.45, 7) is 0. The molecule has 2 aromatic rings. The van der Waals surface area contributed by atoms with Gasteiger partial charge in [-0.15, -0.1) is 10.2 Å². The van der Waals surface area contributed by atoms with Gasteiger partial charge in [0, 0.05) is 9.37 Å². The van der Waals surface area contributed by atoms with Gasteiger partial charge in [-0.1, -0.05) is 39.3 Å². The smallest absolute Gasteiger partial charge is 0.142 e. The first-order valence-electron chi connectivity index (χ1n) is 4.17. The highest BCUT2D eigenvalue weighted by molar-refractivity contribution is 9.10. The van der Waals surface area contributed by atoms with Gasteiger partial charge in [-0.05, 0) is 36.4 Å². The molecule has 0 amide bonds. The average molecular weight is 302 g/mol. The Labute approximate surface area is 105 Å². The minimum atomic E-state index is 0.412. The lowest BCUT2D eigenvalue weighted by atomic mass is 10.4. The Morgan fingerprint density at radius 3 is 2.33 bits per heavy atom. The predicted molar refractivity (Wildman–Crippen MR) is 65.3 cm³/mol. The highest BCUT2D eigenvalue weighted by Crippen LogP contribution is 2.26. The highest BCUT2D eigenvalue weighted by Gasteiger charge is 1.99. The fourth-order valence-corrected chi connectivity index (χ4v) is 2.08. The van der Waals surface area contributed by atoms with Gasteiger partial charge in [0.05, 0.1) is 0 Å². The largest absolute Gasteiger partial charge is 0.151 e. The van der Waals surface area contributed by atoms with E-state index in [0.29, 0.717) is 5.15 Å². The third-order valence-electron chi connectivity index (χ3n) is 1.64. The Hall–Kier alpha value is -0.580. The summed E-state index contributed by atoms with van der Waals surface area (Å²) in [6.07, 6.45) is 0. The first kappa shape index (κ1) is 10.9. The monoisotopic (exact) mass is 300 g/mol. The van der Waals surface area contributed by atoms with Crippen LogP contribution in [0.25, 0.3) is 0 Å². The van der Waals surface area contributed by atoms with Crippen LogP contribution in [0.1, 0.15) is 0 Å². The summed E-state index contributed by atoms with van der Waals surface area (Å²) < 4.78 is 1.06. The second kappa shape index (κ2) is 4.96. The maximum Gasteiger partial charge on any atom is 0.151 e. The van der Waals surface area contributed by atoms with E-state index in [1.165, 1.54) is 0 Å². The van der Waals surface area contributed by atoms with Crippen LogP contribution in [0.15, 0.2) is 50.8 Å². The van der Waals surface area contributed by atoms with Gasteiger partial charge in [0.15, 0.2) is 5.15 Å². The van der Waals surface area contributed by atoms with Gasteiger partial charge in [0.2, 0.25) is 0 Å². The Kier molecular flexibility index (Phi) is 3.61. The molecule has 0 unspecified atom stereocenters. The molecule has 76 valence electrons. The molecule has 0 saturated heterocycles. The zero-order valence-electron chi connectivity index (χ0n) is 7.52. The zero-order valence-corrected chi connectivity index (χ0v) is 10.7. The standard InChI is InChI=1S/C10H6BrClN2S/c11-7-1-3-8(4-2-7)15-10-6-5-9(12)13-14-10/h1-6H. The molecule has 2 rings (SSSR count). The first-order valence-corrected chi connectivity index (χ1v) is 6.15. The SMILES string of the molecule is Clc1ccc(Sc2ccc(Br)cc2)nn1. The second-order valence-electron chi connectivity index (χ2n) is 2.75. The molecule has 0 radical (unpaired) electrons. The lowest BCUT2D eigenvalue weighted by Gasteiger charge is -1.99. The fourth-order valence-electron chi connectivity index (χ4n) is 0.982. The molecule has 15 heavy (non-hydrogen) atoms. The molecule has 0 N–H and O–H groups in total. The summed E-state index contributed by atoms with van der Waals surface area (Å²) in [5.74, 6) is 0. The Balaban J connectivity index is 2.15. The molecule has 0 atom stereocenters. The number of benzene rings is 1. The number of halogens is 2. The molecule has 1 aromatic carbocycles. The van der Waals surface area contributed by atoms with Crippen LogP contribution in [-0.2, 0) is 0 Å². The van der Waals surface area contributed by atoms with Crippen LogP contribution >= 0.6 is 39.3 Å². The summed E-state index contributed by atoms with van der Waals surface area (Å²) in [6, 6.07) is 11.6. The van der Waals surface area contributed by atoms with Crippen molar-refractivity contribution in [3.05, 3.63) is 46.0 Å². The van der Waals surface area contributed by atoms with Gasteiger partial charge in [0.1, 0.15) is 5.03 Å². The van der Waals surface area contributed by atoms with Crippen molar-refractivity contribution in [1.29, 1.82) is 0 Å². The molecule has 2 nitrogen and oxygen atoms in total. The van der Waals surface area contributed by atoms with Gasteiger partial charge < -0.3 is 0 Å². The lowest BCUT2D eigenvalue weighted by Crippen LogP contribution is -1.84. The number of nitrogens with zero attached hydrogens (tertiary/aromatic N) is 2. The normalized spacial score (nSPS) is 10.3. The predicted octanol–water partition coefficient (Wildman–Crippen LogP) is 4.04. The third-order valence-corrected chi connectivity index (χ3v) is 3.31. The molecule has 0 fully saturated rings. The molecule has 1 aromatic heterocycles. The zero-order chi connectivity index (χ0) is 10.7. The van der Waals surface area contributed by atoms with E-state index in [1.807, 2.05) is 30.3 Å². The maximum atomic E-state index is 5.65. The summed E-state index contributed by atoms with van der Waals surface area (Å²) in [5.41, 5.74) is 0. The van der Waals surface area contributed by atoms with Crippen molar-refractivity contribution < 1.29 is 0 Å². The van der Waals surface area contributed by atoms with Crippen molar-refractivity contribution in [1.82, 2.24) is 10.2 Å². The van der Waals surface area contributed by atoms with Crippen molar-refractivity contribution in [3.63, 3.8) is 0 Å². The van der Waals surface area contributed by atoms with Crippen LogP contribution in [0.4, 0.5) is 0 Å². The molecule has 0 aliphatic carbocycles. The Morgan fingerprint density at radius 1 is 1.00 bits per heavy atom. The summed E-state index contributed by atoms with van der Waals surface area (Å²) in [5, 5.41) is 8.99. The summed E-state index contributed by atoms with van der Waals surface area (Å²) in [7, 11) is 0. The topological polar surface area (TPSA) is 25.8 Å². The van der Waals surface area contributed by atoms with Gasteiger partial charge in [-0.2, -0.15) is 0 Å². The van der Waals surface area contributed by atoms with Crippen LogP contribution < -0.4 is 0 Å². The lowest BCUT2D eigenvalue weighted by molar-refractivity contribution is 0.930. The fraction of sp³-hybridized carbons (Fsp3) is 0. The Bertz CT molecular complexity index is 400. The first-order chi connectivity index (χ1) is 7.24. The van der Waals surface area contributed by atoms with E-state index in [9.17, 15) is 0 Å². The number of aromatic nitrogens is 2. The van der Waals surface area contributed by atoms with Crippen molar-refractivity contribution in [2.45, 2.75) is 9.92 Å². The number of rotatable bonds is 2. The second-order valence-corrected chi connectivity index (χ2v) is 5.15. The van der Waals surface area contributed by atoms with Gasteiger partial charge in [-0.3, -0.25) is 0 Å². The van der Waals surface area contributed by atoms with E-state index in [1.54, 1.807) is 17.8 Å². The summed E-state index contributed by atoms with van der Waals surface area (Å²) in [4.78, 5) is 1.12. The van der Waals surface area contributed by atoms with E-state index in [-0.39, 0.29) is 0 Å². The van der Waals surface area contributed by atoms with Crippen molar-refractivity contribution in [2.75, 3.05) is 0 Å². The minimum Gasteiger partial charge on any atom is -0.142 e. The van der Waals surface area contributed by atoms with Gasteiger partial charge in [0.25, 0.3) is 0 Å². The highest BCUT2D eigenvalue weighted by atomic mass is 79.9. The minimum absolute atomic E-state index is 0.412. The van der Waals surface area contributed by atoms with E-state index in [0.717, 1.165) is 14.4 Å².